The molecular formula is C31H38N2O3. The van der Waals surface area contributed by atoms with E-state index in [0.29, 0.717) is 24.3 Å². The molecule has 36 heavy (non-hydrogen) atoms. The molecule has 2 N–H and O–H groups in total. The third-order valence-electron chi connectivity index (χ3n) is 7.50. The van der Waals surface area contributed by atoms with Gasteiger partial charge in [0.25, 0.3) is 0 Å². The fourth-order valence-corrected chi connectivity index (χ4v) is 5.27. The minimum Gasteiger partial charge on any atom is -0.508 e. The summed E-state index contributed by atoms with van der Waals surface area (Å²) in [6, 6.07) is 21.6. The molecule has 3 aromatic rings. The maximum atomic E-state index is 9.88. The quantitative estimate of drug-likeness (QED) is 0.334. The van der Waals surface area contributed by atoms with E-state index in [9.17, 15) is 5.11 Å². The molecule has 1 fully saturated rings. The van der Waals surface area contributed by atoms with E-state index in [0.717, 1.165) is 50.4 Å². The number of methoxy groups -OCH3 is 1. The third kappa shape index (κ3) is 5.96. The number of fused-ring (bicyclic) bond motifs is 1. The van der Waals surface area contributed by atoms with Gasteiger partial charge >= 0.3 is 0 Å². The number of benzene rings is 3. The summed E-state index contributed by atoms with van der Waals surface area (Å²) < 4.78 is 11.5. The summed E-state index contributed by atoms with van der Waals surface area (Å²) in [5.74, 6) is 2.61. The summed E-state index contributed by atoms with van der Waals surface area (Å²) >= 11 is 0. The molecule has 0 saturated heterocycles. The van der Waals surface area contributed by atoms with E-state index in [4.69, 9.17) is 9.47 Å². The number of hydrogen-bond donors (Lipinski definition) is 2. The Kier molecular flexibility index (Phi) is 7.66. The largest absolute Gasteiger partial charge is 0.508 e. The zero-order valence-electron chi connectivity index (χ0n) is 21.5. The molecule has 2 aliphatic carbocycles. The topological polar surface area (TPSA) is 54.0 Å². The first-order chi connectivity index (χ1) is 17.6. The molecule has 0 heterocycles. The summed E-state index contributed by atoms with van der Waals surface area (Å²) in [7, 11) is 1.73. The van der Waals surface area contributed by atoms with E-state index < -0.39 is 0 Å². The molecule has 1 atom stereocenters. The van der Waals surface area contributed by atoms with Crippen LogP contribution in [0, 0.1) is 0 Å². The second-order valence-electron chi connectivity index (χ2n) is 10.1. The lowest BCUT2D eigenvalue weighted by Crippen LogP contribution is -2.25. The van der Waals surface area contributed by atoms with Crippen LogP contribution < -0.4 is 19.7 Å². The van der Waals surface area contributed by atoms with Gasteiger partial charge < -0.3 is 24.8 Å². The van der Waals surface area contributed by atoms with Crippen molar-refractivity contribution in [3.8, 4) is 17.2 Å². The van der Waals surface area contributed by atoms with Gasteiger partial charge in [-0.15, -0.1) is 0 Å². The lowest BCUT2D eigenvalue weighted by molar-refractivity contribution is 0.313. The predicted molar refractivity (Wildman–Crippen MR) is 146 cm³/mol. The van der Waals surface area contributed by atoms with Crippen LogP contribution in [0.25, 0.3) is 0 Å². The average molecular weight is 487 g/mol. The highest BCUT2D eigenvalue weighted by atomic mass is 16.5. The zero-order valence-corrected chi connectivity index (χ0v) is 21.5. The van der Waals surface area contributed by atoms with Crippen LogP contribution >= 0.6 is 0 Å². The van der Waals surface area contributed by atoms with Crippen molar-refractivity contribution in [3.05, 3.63) is 82.9 Å². The Morgan fingerprint density at radius 2 is 1.75 bits per heavy atom. The molecule has 0 aromatic heterocycles. The van der Waals surface area contributed by atoms with Crippen molar-refractivity contribution in [1.82, 2.24) is 5.32 Å². The van der Waals surface area contributed by atoms with Crippen molar-refractivity contribution in [2.24, 2.45) is 0 Å². The Hall–Kier alpha value is -3.18. The second-order valence-corrected chi connectivity index (χ2v) is 10.1. The lowest BCUT2D eigenvalue weighted by Gasteiger charge is -2.32. The normalized spacial score (nSPS) is 16.9. The molecule has 190 valence electrons. The van der Waals surface area contributed by atoms with E-state index >= 15 is 0 Å². The summed E-state index contributed by atoms with van der Waals surface area (Å²) in [5.41, 5.74) is 6.50. The van der Waals surface area contributed by atoms with Crippen LogP contribution in [0.15, 0.2) is 60.7 Å². The van der Waals surface area contributed by atoms with Crippen molar-refractivity contribution < 1.29 is 14.6 Å². The van der Waals surface area contributed by atoms with Crippen LogP contribution in [0.3, 0.4) is 0 Å². The van der Waals surface area contributed by atoms with Gasteiger partial charge in [-0.05, 0) is 97.5 Å². The fourth-order valence-electron chi connectivity index (χ4n) is 5.27. The maximum Gasteiger partial charge on any atom is 0.120 e. The maximum absolute atomic E-state index is 9.88. The first-order valence-corrected chi connectivity index (χ1v) is 13.3. The Morgan fingerprint density at radius 3 is 2.50 bits per heavy atom. The van der Waals surface area contributed by atoms with Gasteiger partial charge in [-0.25, -0.2) is 0 Å². The molecular weight excluding hydrogens is 448 g/mol. The highest BCUT2D eigenvalue weighted by Crippen LogP contribution is 2.40. The Labute approximate surface area is 215 Å². The molecule has 0 aliphatic heterocycles. The number of ether oxygens (including phenoxy) is 2. The SMILES string of the molecule is CCN(Cc1ccc(OCCNC2CC2)cc1)c1cc(OC)ccc1C1CCc2cc(O)ccc2C1. The number of rotatable bonds is 11. The number of nitrogens with one attached hydrogen (secondary N) is 1. The van der Waals surface area contributed by atoms with Crippen molar-refractivity contribution in [1.29, 1.82) is 0 Å². The molecule has 5 rings (SSSR count). The molecule has 2 aliphatic rings. The molecule has 3 aromatic carbocycles. The standard InChI is InChI=1S/C31H38N2O3/c1-3-33(21-22-4-12-28(13-5-22)36-17-16-32-26-9-10-26)31-20-29(35-2)14-15-30(31)25-7-6-24-19-27(34)11-8-23(24)18-25/h4-5,8,11-15,19-20,25-26,32,34H,3,6-7,9-10,16-18,21H2,1-2H3. The van der Waals surface area contributed by atoms with Crippen LogP contribution in [0.1, 0.15) is 54.4 Å². The van der Waals surface area contributed by atoms with Gasteiger partial charge in [0.15, 0.2) is 0 Å². The van der Waals surface area contributed by atoms with Crippen LogP contribution in [0.4, 0.5) is 5.69 Å². The summed E-state index contributed by atoms with van der Waals surface area (Å²) in [6.07, 6.45) is 5.67. The summed E-state index contributed by atoms with van der Waals surface area (Å²) in [4.78, 5) is 2.44. The monoisotopic (exact) mass is 486 g/mol. The minimum atomic E-state index is 0.362. The van der Waals surface area contributed by atoms with E-state index in [1.807, 2.05) is 12.1 Å². The highest BCUT2D eigenvalue weighted by Gasteiger charge is 2.25. The smallest absolute Gasteiger partial charge is 0.120 e. The Morgan fingerprint density at radius 1 is 0.944 bits per heavy atom. The number of aromatic hydroxyl groups is 1. The number of phenolic OH excluding ortho intramolecular Hbond substituents is 1. The Bertz CT molecular complexity index is 1160. The highest BCUT2D eigenvalue weighted by molar-refractivity contribution is 5.60. The van der Waals surface area contributed by atoms with Crippen LogP contribution in [0.2, 0.25) is 0 Å². The van der Waals surface area contributed by atoms with E-state index in [1.54, 1.807) is 7.11 Å². The van der Waals surface area contributed by atoms with Crippen LogP contribution in [-0.4, -0.2) is 38.0 Å². The zero-order chi connectivity index (χ0) is 24.9. The molecule has 1 saturated carbocycles. The molecule has 0 spiro atoms. The molecule has 1 unspecified atom stereocenters. The van der Waals surface area contributed by atoms with Crippen molar-refractivity contribution in [2.45, 2.75) is 57.5 Å². The molecule has 0 amide bonds. The number of phenols is 1. The molecule has 0 bridgehead atoms. The first kappa shape index (κ1) is 24.5. The molecule has 5 nitrogen and oxygen atoms in total. The van der Waals surface area contributed by atoms with Gasteiger partial charge in [0, 0.05) is 37.4 Å². The third-order valence-corrected chi connectivity index (χ3v) is 7.50. The predicted octanol–water partition coefficient (Wildman–Crippen LogP) is 5.83. The lowest BCUT2D eigenvalue weighted by atomic mass is 9.79. The fraction of sp³-hybridized carbons (Fsp3) is 0.419. The molecule has 0 radical (unpaired) electrons. The van der Waals surface area contributed by atoms with Gasteiger partial charge in [-0.1, -0.05) is 24.3 Å². The molecule has 5 heteroatoms. The number of nitrogens with zero attached hydrogens (tertiary/aromatic N) is 1. The number of aryl methyl sites for hydroxylation is 1. The van der Waals surface area contributed by atoms with E-state index in [2.05, 4.69) is 65.7 Å². The second kappa shape index (κ2) is 11.3. The van der Waals surface area contributed by atoms with Gasteiger partial charge in [-0.3, -0.25) is 0 Å². The first-order valence-electron chi connectivity index (χ1n) is 13.3. The van der Waals surface area contributed by atoms with Crippen LogP contribution in [0.5, 0.6) is 17.2 Å². The minimum absolute atomic E-state index is 0.362. The van der Waals surface area contributed by atoms with E-state index in [1.165, 1.54) is 40.8 Å². The Balaban J connectivity index is 1.30. The van der Waals surface area contributed by atoms with Gasteiger partial charge in [0.05, 0.1) is 7.11 Å². The van der Waals surface area contributed by atoms with Crippen molar-refractivity contribution in [3.63, 3.8) is 0 Å². The summed E-state index contributed by atoms with van der Waals surface area (Å²) in [5, 5.41) is 13.4. The van der Waals surface area contributed by atoms with Crippen molar-refractivity contribution in [2.75, 3.05) is 31.7 Å². The van der Waals surface area contributed by atoms with Gasteiger partial charge in [0.2, 0.25) is 0 Å². The van der Waals surface area contributed by atoms with Crippen LogP contribution in [-0.2, 0) is 19.4 Å². The van der Waals surface area contributed by atoms with Gasteiger partial charge in [0.1, 0.15) is 23.9 Å². The van der Waals surface area contributed by atoms with E-state index in [-0.39, 0.29) is 0 Å². The number of hydrogen-bond acceptors (Lipinski definition) is 5. The van der Waals surface area contributed by atoms with Gasteiger partial charge in [-0.2, -0.15) is 0 Å². The average Bonchev–Trinajstić information content (AvgIpc) is 3.74. The summed E-state index contributed by atoms with van der Waals surface area (Å²) in [6.45, 7) is 5.56. The number of anilines is 1. The van der Waals surface area contributed by atoms with Crippen molar-refractivity contribution >= 4 is 5.69 Å².